The number of hydrogen-bond acceptors (Lipinski definition) is 7. The second-order valence-electron chi connectivity index (χ2n) is 8.92. The largest absolute Gasteiger partial charge is 0.464 e. The molecule has 0 bridgehead atoms. The van der Waals surface area contributed by atoms with Crippen LogP contribution in [0.4, 0.5) is 9.59 Å². The number of aliphatic hydroxyl groups excluding tert-OH is 1. The van der Waals surface area contributed by atoms with Crippen molar-refractivity contribution in [3.63, 3.8) is 0 Å². The first kappa shape index (κ1) is 27.0. The number of nitrogens with zero attached hydrogens (tertiary/aromatic N) is 1. The van der Waals surface area contributed by atoms with Crippen LogP contribution in [0.5, 0.6) is 0 Å². The molecule has 0 unspecified atom stereocenters. The highest BCUT2D eigenvalue weighted by molar-refractivity contribution is 5.84. The number of ether oxygens (including phenoxy) is 3. The molecular weight excluding hydrogens is 416 g/mol. The standard InChI is InChI=1S/C23H34N2O7/c1-8-30-19(27)18(17(26)15-14-16-12-10-9-11-13-16)25(21(29)32-23(5,6)7)24-20(28)31-22(2,3)4/h9-15,17-18,26H,8H2,1-7H3,(H,24,28)/b15-14+/t17-,18-/m0/s1. The smallest absolute Gasteiger partial charge is 0.430 e. The van der Waals surface area contributed by atoms with Gasteiger partial charge in [0.25, 0.3) is 0 Å². The zero-order valence-corrected chi connectivity index (χ0v) is 19.7. The van der Waals surface area contributed by atoms with Gasteiger partial charge in [-0.05, 0) is 54.0 Å². The Morgan fingerprint density at radius 1 is 1.03 bits per heavy atom. The molecule has 1 rings (SSSR count). The highest BCUT2D eigenvalue weighted by atomic mass is 16.6. The van der Waals surface area contributed by atoms with Crippen LogP contribution in [0.2, 0.25) is 0 Å². The lowest BCUT2D eigenvalue weighted by Crippen LogP contribution is -2.60. The molecule has 0 heterocycles. The van der Waals surface area contributed by atoms with E-state index in [4.69, 9.17) is 14.2 Å². The van der Waals surface area contributed by atoms with Crippen molar-refractivity contribution < 1.29 is 33.7 Å². The van der Waals surface area contributed by atoms with Crippen molar-refractivity contribution in [1.82, 2.24) is 10.4 Å². The molecular formula is C23H34N2O7. The lowest BCUT2D eigenvalue weighted by Gasteiger charge is -2.34. The first-order valence-electron chi connectivity index (χ1n) is 10.3. The number of benzene rings is 1. The van der Waals surface area contributed by atoms with Crippen molar-refractivity contribution in [3.8, 4) is 0 Å². The van der Waals surface area contributed by atoms with Gasteiger partial charge in [-0.15, -0.1) is 0 Å². The number of carbonyl (C=O) groups is 3. The molecule has 2 atom stereocenters. The Morgan fingerprint density at radius 2 is 1.59 bits per heavy atom. The fourth-order valence-electron chi connectivity index (χ4n) is 2.44. The number of carbonyl (C=O) groups excluding carboxylic acids is 3. The topological polar surface area (TPSA) is 114 Å². The fraction of sp³-hybridized carbons (Fsp3) is 0.522. The molecule has 1 aromatic rings. The van der Waals surface area contributed by atoms with Crippen LogP contribution in [0.1, 0.15) is 54.0 Å². The van der Waals surface area contributed by atoms with Gasteiger partial charge in [0, 0.05) is 0 Å². The van der Waals surface area contributed by atoms with E-state index in [1.54, 1.807) is 66.7 Å². The molecule has 0 spiro atoms. The van der Waals surface area contributed by atoms with Gasteiger partial charge in [0.1, 0.15) is 17.3 Å². The van der Waals surface area contributed by atoms with E-state index in [1.807, 2.05) is 18.2 Å². The van der Waals surface area contributed by atoms with E-state index in [2.05, 4.69) is 5.43 Å². The molecule has 0 fully saturated rings. The van der Waals surface area contributed by atoms with Crippen molar-refractivity contribution in [2.45, 2.75) is 71.8 Å². The van der Waals surface area contributed by atoms with Crippen LogP contribution in [-0.4, -0.2) is 58.2 Å². The Kier molecular flexibility index (Phi) is 9.71. The van der Waals surface area contributed by atoms with Gasteiger partial charge in [-0.1, -0.05) is 42.5 Å². The third-order valence-corrected chi connectivity index (χ3v) is 3.62. The number of hydrogen-bond donors (Lipinski definition) is 2. The Bertz CT molecular complexity index is 795. The molecule has 0 aliphatic heterocycles. The zero-order valence-electron chi connectivity index (χ0n) is 19.7. The summed E-state index contributed by atoms with van der Waals surface area (Å²) in [5.74, 6) is -0.931. The summed E-state index contributed by atoms with van der Waals surface area (Å²) in [5.41, 5.74) is 1.18. The molecule has 0 aliphatic rings. The number of esters is 1. The maximum Gasteiger partial charge on any atom is 0.430 e. The number of aliphatic hydroxyl groups is 1. The highest BCUT2D eigenvalue weighted by Gasteiger charge is 2.40. The molecule has 1 aromatic carbocycles. The average Bonchev–Trinajstić information content (AvgIpc) is 2.64. The van der Waals surface area contributed by atoms with Crippen LogP contribution in [0.15, 0.2) is 36.4 Å². The van der Waals surface area contributed by atoms with Gasteiger partial charge < -0.3 is 19.3 Å². The van der Waals surface area contributed by atoms with Gasteiger partial charge in [-0.25, -0.2) is 19.8 Å². The predicted octanol–water partition coefficient (Wildman–Crippen LogP) is 3.67. The summed E-state index contributed by atoms with van der Waals surface area (Å²) in [6.07, 6.45) is -0.690. The minimum atomic E-state index is -1.63. The average molecular weight is 451 g/mol. The van der Waals surface area contributed by atoms with Crippen LogP contribution >= 0.6 is 0 Å². The molecule has 178 valence electrons. The summed E-state index contributed by atoms with van der Waals surface area (Å²) in [7, 11) is 0. The summed E-state index contributed by atoms with van der Waals surface area (Å²) < 4.78 is 15.6. The van der Waals surface area contributed by atoms with E-state index in [0.29, 0.717) is 5.01 Å². The summed E-state index contributed by atoms with van der Waals surface area (Å²) >= 11 is 0. The first-order valence-corrected chi connectivity index (χ1v) is 10.3. The van der Waals surface area contributed by atoms with Crippen LogP contribution in [0.25, 0.3) is 6.08 Å². The van der Waals surface area contributed by atoms with Crippen molar-refractivity contribution in [1.29, 1.82) is 0 Å². The minimum Gasteiger partial charge on any atom is -0.464 e. The third-order valence-electron chi connectivity index (χ3n) is 3.62. The Hall–Kier alpha value is -3.07. The van der Waals surface area contributed by atoms with Gasteiger partial charge in [0.05, 0.1) is 6.61 Å². The molecule has 0 saturated carbocycles. The molecule has 0 aromatic heterocycles. The molecule has 0 saturated heterocycles. The SMILES string of the molecule is CCOC(=O)[C@H]([C@@H](O)/C=C/c1ccccc1)N(NC(=O)OC(C)(C)C)C(=O)OC(C)(C)C. The van der Waals surface area contributed by atoms with Crippen molar-refractivity contribution in [3.05, 3.63) is 42.0 Å². The summed E-state index contributed by atoms with van der Waals surface area (Å²) in [5, 5.41) is 11.4. The van der Waals surface area contributed by atoms with Gasteiger partial charge in [-0.2, -0.15) is 5.01 Å². The van der Waals surface area contributed by atoms with Crippen LogP contribution in [0.3, 0.4) is 0 Å². The van der Waals surface area contributed by atoms with E-state index in [0.717, 1.165) is 5.56 Å². The molecule has 0 aliphatic carbocycles. The van der Waals surface area contributed by atoms with Crippen molar-refractivity contribution in [2.24, 2.45) is 0 Å². The maximum absolute atomic E-state index is 12.9. The molecule has 9 heteroatoms. The van der Waals surface area contributed by atoms with Crippen LogP contribution in [0, 0.1) is 0 Å². The predicted molar refractivity (Wildman–Crippen MR) is 119 cm³/mol. The molecule has 2 amide bonds. The molecule has 2 N–H and O–H groups in total. The van der Waals surface area contributed by atoms with Gasteiger partial charge in [0.15, 0.2) is 6.04 Å². The summed E-state index contributed by atoms with van der Waals surface area (Å²) in [6.45, 7) is 11.4. The normalized spacial score (nSPS) is 13.8. The number of rotatable bonds is 6. The van der Waals surface area contributed by atoms with E-state index in [-0.39, 0.29) is 6.61 Å². The molecule has 0 radical (unpaired) electrons. The summed E-state index contributed by atoms with van der Waals surface area (Å²) in [6, 6.07) is 7.43. The molecule has 32 heavy (non-hydrogen) atoms. The second kappa shape index (κ2) is 11.5. The fourth-order valence-corrected chi connectivity index (χ4v) is 2.44. The second-order valence-corrected chi connectivity index (χ2v) is 8.92. The van der Waals surface area contributed by atoms with Crippen molar-refractivity contribution >= 4 is 24.2 Å². The monoisotopic (exact) mass is 450 g/mol. The van der Waals surface area contributed by atoms with Gasteiger partial charge in [0.2, 0.25) is 0 Å². The van der Waals surface area contributed by atoms with E-state index in [1.165, 1.54) is 6.08 Å². The van der Waals surface area contributed by atoms with Gasteiger partial charge >= 0.3 is 18.2 Å². The number of hydrazine groups is 1. The first-order chi connectivity index (χ1) is 14.7. The maximum atomic E-state index is 12.9. The number of nitrogens with one attached hydrogen (secondary N) is 1. The third kappa shape index (κ3) is 9.82. The van der Waals surface area contributed by atoms with E-state index >= 15 is 0 Å². The van der Waals surface area contributed by atoms with Crippen LogP contribution < -0.4 is 5.43 Å². The Morgan fingerprint density at radius 3 is 2.09 bits per heavy atom. The van der Waals surface area contributed by atoms with E-state index < -0.39 is 41.5 Å². The van der Waals surface area contributed by atoms with E-state index in [9.17, 15) is 19.5 Å². The van der Waals surface area contributed by atoms with Crippen molar-refractivity contribution in [2.75, 3.05) is 6.61 Å². The quantitative estimate of drug-likeness (QED) is 0.386. The zero-order chi connectivity index (χ0) is 24.5. The van der Waals surface area contributed by atoms with Crippen LogP contribution in [-0.2, 0) is 19.0 Å². The lowest BCUT2D eigenvalue weighted by molar-refractivity contribution is -0.154. The minimum absolute atomic E-state index is 0.000944. The molecule has 9 nitrogen and oxygen atoms in total. The van der Waals surface area contributed by atoms with Gasteiger partial charge in [-0.3, -0.25) is 0 Å². The lowest BCUT2D eigenvalue weighted by atomic mass is 10.1. The number of amides is 2. The summed E-state index contributed by atoms with van der Waals surface area (Å²) in [4.78, 5) is 38.0. The Balaban J connectivity index is 3.30. The highest BCUT2D eigenvalue weighted by Crippen LogP contribution is 2.16. The Labute approximate surface area is 189 Å².